The molecule has 0 aromatic carbocycles. The van der Waals surface area contributed by atoms with E-state index in [1.807, 2.05) is 0 Å². The zero-order valence-electron chi connectivity index (χ0n) is 14.2. The molecule has 3 heterocycles. The molecule has 0 spiro atoms. The minimum absolute atomic E-state index is 0.0283. The van der Waals surface area contributed by atoms with Crippen molar-refractivity contribution < 1.29 is 33.5 Å². The Bertz CT molecular complexity index is 744. The van der Waals surface area contributed by atoms with Gasteiger partial charge in [0.2, 0.25) is 0 Å². The number of aliphatic hydroxyl groups excluding tert-OH is 1. The van der Waals surface area contributed by atoms with Crippen molar-refractivity contribution in [3.8, 4) is 0 Å². The van der Waals surface area contributed by atoms with E-state index in [0.717, 1.165) is 17.8 Å². The summed E-state index contributed by atoms with van der Waals surface area (Å²) in [4.78, 5) is 42.3. The molecule has 0 unspecified atom stereocenters. The molecule has 0 radical (unpaired) electrons. The van der Waals surface area contributed by atoms with Crippen LogP contribution < -0.4 is 11.2 Å². The molecule has 0 amide bonds. The van der Waals surface area contributed by atoms with E-state index in [-0.39, 0.29) is 6.42 Å². The lowest BCUT2D eigenvalue weighted by molar-refractivity contribution is -0.0451. The number of rotatable bonds is 4. The molecular weight excluding hydrogens is 371 g/mol. The minimum Gasteiger partial charge on any atom is -0.390 e. The predicted octanol–water partition coefficient (Wildman–Crippen LogP) is -0.600. The number of aromatic nitrogens is 2. The highest BCUT2D eigenvalue weighted by Gasteiger charge is 2.37. The van der Waals surface area contributed by atoms with Crippen molar-refractivity contribution in [2.24, 2.45) is 0 Å². The summed E-state index contributed by atoms with van der Waals surface area (Å²) in [7, 11) is -4.67. The quantitative estimate of drug-likeness (QED) is 0.489. The number of phosphoric acid groups is 1. The average molecular weight is 394 g/mol. The zero-order chi connectivity index (χ0) is 19.3. The van der Waals surface area contributed by atoms with Crippen molar-refractivity contribution >= 4 is 7.82 Å². The third-order valence-corrected chi connectivity index (χ3v) is 4.38. The van der Waals surface area contributed by atoms with Gasteiger partial charge < -0.3 is 24.4 Å². The number of aryl methyl sites for hydroxylation is 1. The number of ether oxygens (including phenoxy) is 2. The van der Waals surface area contributed by atoms with Crippen LogP contribution in [0.3, 0.4) is 0 Å². The molecule has 3 atom stereocenters. The molecule has 26 heavy (non-hydrogen) atoms. The summed E-state index contributed by atoms with van der Waals surface area (Å²) in [5, 5.41) is 9.79. The molecule has 1 aromatic heterocycles. The Morgan fingerprint density at radius 3 is 2.54 bits per heavy atom. The summed E-state index contributed by atoms with van der Waals surface area (Å²) in [6.07, 6.45) is 0.988. The van der Waals surface area contributed by atoms with Crippen LogP contribution in [0.5, 0.6) is 0 Å². The first-order chi connectivity index (χ1) is 12.2. The van der Waals surface area contributed by atoms with Gasteiger partial charge in [-0.1, -0.05) is 0 Å². The lowest BCUT2D eigenvalue weighted by atomic mass is 10.2. The number of nitrogens with zero attached hydrogens (tertiary/aromatic N) is 1. The molecule has 0 bridgehead atoms. The zero-order valence-corrected chi connectivity index (χ0v) is 15.1. The maximum atomic E-state index is 11.7. The molecular formula is C14H23N2O9P. The van der Waals surface area contributed by atoms with Gasteiger partial charge in [-0.25, -0.2) is 9.36 Å². The second-order valence-corrected chi connectivity index (χ2v) is 7.26. The van der Waals surface area contributed by atoms with E-state index in [4.69, 9.17) is 19.3 Å². The van der Waals surface area contributed by atoms with Gasteiger partial charge in [0.15, 0.2) is 0 Å². The molecule has 12 heteroatoms. The van der Waals surface area contributed by atoms with Crippen LogP contribution in [0.1, 0.15) is 31.1 Å². The summed E-state index contributed by atoms with van der Waals surface area (Å²) in [5.41, 5.74) is -0.918. The largest absolute Gasteiger partial charge is 0.469 e. The number of hydrogen-bond acceptors (Lipinski definition) is 7. The predicted molar refractivity (Wildman–Crippen MR) is 88.6 cm³/mol. The molecule has 2 aliphatic heterocycles. The van der Waals surface area contributed by atoms with Crippen LogP contribution in [0.25, 0.3) is 0 Å². The number of nitrogens with one attached hydrogen (secondary N) is 1. The fourth-order valence-corrected chi connectivity index (χ4v) is 2.86. The average Bonchev–Trinajstić information content (AvgIpc) is 3.21. The summed E-state index contributed by atoms with van der Waals surface area (Å²) < 4.78 is 26.3. The first kappa shape index (κ1) is 21.0. The van der Waals surface area contributed by atoms with Crippen molar-refractivity contribution in [3.05, 3.63) is 32.6 Å². The van der Waals surface area contributed by atoms with Gasteiger partial charge in [-0.2, -0.15) is 0 Å². The van der Waals surface area contributed by atoms with Crippen molar-refractivity contribution in [3.63, 3.8) is 0 Å². The van der Waals surface area contributed by atoms with E-state index >= 15 is 0 Å². The van der Waals surface area contributed by atoms with Gasteiger partial charge in [-0.15, -0.1) is 0 Å². The maximum absolute atomic E-state index is 11.7. The van der Waals surface area contributed by atoms with Crippen LogP contribution in [0.2, 0.25) is 0 Å². The molecule has 1 aromatic rings. The van der Waals surface area contributed by atoms with Gasteiger partial charge in [0.25, 0.3) is 5.56 Å². The summed E-state index contributed by atoms with van der Waals surface area (Å²) >= 11 is 0. The Kier molecular flexibility index (Phi) is 7.30. The monoisotopic (exact) mass is 394 g/mol. The molecule has 2 saturated heterocycles. The van der Waals surface area contributed by atoms with Gasteiger partial charge in [0, 0.05) is 31.4 Å². The van der Waals surface area contributed by atoms with Crippen LogP contribution in [0.4, 0.5) is 0 Å². The van der Waals surface area contributed by atoms with Crippen molar-refractivity contribution in [1.29, 1.82) is 0 Å². The maximum Gasteiger partial charge on any atom is 0.469 e. The summed E-state index contributed by atoms with van der Waals surface area (Å²) in [5.74, 6) is 0. The van der Waals surface area contributed by atoms with Gasteiger partial charge in [-0.05, 0) is 19.8 Å². The Labute approximate surface area is 148 Å². The highest BCUT2D eigenvalue weighted by atomic mass is 31.2. The molecule has 3 rings (SSSR count). The molecule has 148 valence electrons. The first-order valence-corrected chi connectivity index (χ1v) is 9.64. The molecule has 11 nitrogen and oxygen atoms in total. The van der Waals surface area contributed by atoms with E-state index in [2.05, 4.69) is 9.51 Å². The smallest absolute Gasteiger partial charge is 0.390 e. The van der Waals surface area contributed by atoms with Crippen LogP contribution >= 0.6 is 7.82 Å². The van der Waals surface area contributed by atoms with E-state index in [9.17, 15) is 19.3 Å². The SMILES string of the molecule is C1CCOC1.Cc1cn([C@H]2C[C@H](O)[C@@H](COP(=O)(O)O)O2)c(=O)[nH]c1=O. The van der Waals surface area contributed by atoms with Crippen LogP contribution in [-0.4, -0.2) is 56.5 Å². The highest BCUT2D eigenvalue weighted by molar-refractivity contribution is 7.46. The fourth-order valence-electron chi connectivity index (χ4n) is 2.52. The molecule has 4 N–H and O–H groups in total. The van der Waals surface area contributed by atoms with Crippen LogP contribution in [0.15, 0.2) is 15.8 Å². The van der Waals surface area contributed by atoms with Gasteiger partial charge >= 0.3 is 13.5 Å². The minimum atomic E-state index is -4.67. The second kappa shape index (κ2) is 9.05. The molecule has 0 aliphatic carbocycles. The lowest BCUT2D eigenvalue weighted by Gasteiger charge is -2.16. The number of hydrogen-bond donors (Lipinski definition) is 4. The highest BCUT2D eigenvalue weighted by Crippen LogP contribution is 2.38. The lowest BCUT2D eigenvalue weighted by Crippen LogP contribution is -2.33. The number of phosphoric ester groups is 1. The van der Waals surface area contributed by atoms with Crippen molar-refractivity contribution in [2.75, 3.05) is 19.8 Å². The van der Waals surface area contributed by atoms with Gasteiger partial charge in [0.1, 0.15) is 12.3 Å². The molecule has 2 aliphatic rings. The van der Waals surface area contributed by atoms with Gasteiger partial charge in [-0.3, -0.25) is 18.9 Å². The molecule has 0 saturated carbocycles. The Hall–Kier alpha value is -1.33. The van der Waals surface area contributed by atoms with E-state index < -0.39 is 44.1 Å². The number of H-pyrrole nitrogens is 1. The Morgan fingerprint density at radius 1 is 1.35 bits per heavy atom. The van der Waals surface area contributed by atoms with E-state index in [1.165, 1.54) is 26.0 Å². The normalized spacial score (nSPS) is 25.8. The Balaban J connectivity index is 0.000000417. The topological polar surface area (TPSA) is 160 Å². The number of aliphatic hydroxyl groups is 1. The number of aromatic amines is 1. The molecule has 2 fully saturated rings. The summed E-state index contributed by atoms with van der Waals surface area (Å²) in [6, 6.07) is 0. The first-order valence-electron chi connectivity index (χ1n) is 8.11. The summed E-state index contributed by atoms with van der Waals surface area (Å²) in [6.45, 7) is 2.99. The van der Waals surface area contributed by atoms with E-state index in [0.29, 0.717) is 5.56 Å². The fraction of sp³-hybridized carbons (Fsp3) is 0.714. The van der Waals surface area contributed by atoms with Gasteiger partial charge in [0.05, 0.1) is 12.7 Å². The van der Waals surface area contributed by atoms with Crippen LogP contribution in [0, 0.1) is 6.92 Å². The third-order valence-electron chi connectivity index (χ3n) is 3.89. The third kappa shape index (κ3) is 6.13. The van der Waals surface area contributed by atoms with Crippen molar-refractivity contribution in [1.82, 2.24) is 9.55 Å². The second-order valence-electron chi connectivity index (χ2n) is 6.02. The standard InChI is InChI=1S/C10H15N2O8P.C4H8O/c1-5-3-12(10(15)11-9(5)14)8-2-6(13)7(20-8)4-19-21(16,17)18;1-2-4-5-3-1/h3,6-8,13H,2,4H2,1H3,(H,11,14,15)(H2,16,17,18);1-4H2/t6-,7+,8+;/m0./s1. The van der Waals surface area contributed by atoms with Crippen LogP contribution in [-0.2, 0) is 18.6 Å². The van der Waals surface area contributed by atoms with Crippen molar-refractivity contribution in [2.45, 2.75) is 44.6 Å². The van der Waals surface area contributed by atoms with E-state index in [1.54, 1.807) is 0 Å². The Morgan fingerprint density at radius 2 is 2.00 bits per heavy atom.